The van der Waals surface area contributed by atoms with Crippen LogP contribution in [0.3, 0.4) is 0 Å². The Labute approximate surface area is 115 Å². The number of hydrogen-bond acceptors (Lipinski definition) is 4. The van der Waals surface area contributed by atoms with E-state index < -0.39 is 11.6 Å². The highest BCUT2D eigenvalue weighted by atomic mass is 17.4. The smallest absolute Gasteiger partial charge is 0.288 e. The lowest BCUT2D eigenvalue weighted by atomic mass is 9.96. The van der Waals surface area contributed by atoms with Gasteiger partial charge in [-0.3, -0.25) is 9.59 Å². The summed E-state index contributed by atoms with van der Waals surface area (Å²) in [6, 6.07) is 17.1. The minimum Gasteiger partial charge on any atom is -0.288 e. The standard InChI is InChI=1S/C16H10O4/c17-14(11-7-3-1-4-8-11)13(16-19-20-16)15(18)12-9-5-2-6-10-12/h1-10H. The van der Waals surface area contributed by atoms with Crippen LogP contribution < -0.4 is 0 Å². The molecule has 4 nitrogen and oxygen atoms in total. The summed E-state index contributed by atoms with van der Waals surface area (Å²) >= 11 is 0. The van der Waals surface area contributed by atoms with Gasteiger partial charge in [-0.25, -0.2) is 9.78 Å². The van der Waals surface area contributed by atoms with Gasteiger partial charge < -0.3 is 0 Å². The number of carbonyl (C=O) groups is 2. The second-order valence-electron chi connectivity index (χ2n) is 4.22. The lowest BCUT2D eigenvalue weighted by Gasteiger charge is -2.02. The molecule has 20 heavy (non-hydrogen) atoms. The van der Waals surface area contributed by atoms with Crippen molar-refractivity contribution in [3.63, 3.8) is 0 Å². The van der Waals surface area contributed by atoms with Gasteiger partial charge in [-0.15, -0.1) is 0 Å². The lowest BCUT2D eigenvalue weighted by Crippen LogP contribution is -2.14. The van der Waals surface area contributed by atoms with Gasteiger partial charge >= 0.3 is 5.95 Å². The van der Waals surface area contributed by atoms with Gasteiger partial charge in [0.1, 0.15) is 0 Å². The van der Waals surface area contributed by atoms with Gasteiger partial charge in [-0.1, -0.05) is 60.7 Å². The molecule has 1 saturated heterocycles. The molecular formula is C16H10O4. The van der Waals surface area contributed by atoms with Crippen LogP contribution in [-0.4, -0.2) is 11.6 Å². The first-order chi connectivity index (χ1) is 9.77. The zero-order chi connectivity index (χ0) is 13.9. The first-order valence-corrected chi connectivity index (χ1v) is 6.05. The van der Waals surface area contributed by atoms with Crippen LogP contribution in [0.4, 0.5) is 0 Å². The maximum atomic E-state index is 12.4. The Bertz CT molecular complexity index is 627. The first-order valence-electron chi connectivity index (χ1n) is 6.05. The topological polar surface area (TPSA) is 59.2 Å². The third-order valence-electron chi connectivity index (χ3n) is 2.90. The van der Waals surface area contributed by atoms with Crippen molar-refractivity contribution in [2.75, 3.05) is 0 Å². The second kappa shape index (κ2) is 5.01. The molecule has 0 atom stereocenters. The zero-order valence-electron chi connectivity index (χ0n) is 10.4. The molecule has 4 heteroatoms. The van der Waals surface area contributed by atoms with E-state index in [0.717, 1.165) is 0 Å². The molecule has 0 unspecified atom stereocenters. The SMILES string of the molecule is O=C(C(C(=O)c1ccccc1)=C1OO1)c1ccccc1. The largest absolute Gasteiger partial charge is 0.394 e. The van der Waals surface area contributed by atoms with Crippen molar-refractivity contribution >= 4 is 11.6 Å². The highest BCUT2D eigenvalue weighted by molar-refractivity contribution is 6.31. The molecule has 2 aromatic rings. The maximum absolute atomic E-state index is 12.4. The molecule has 0 aromatic heterocycles. The van der Waals surface area contributed by atoms with Crippen molar-refractivity contribution in [2.45, 2.75) is 0 Å². The van der Waals surface area contributed by atoms with Crippen molar-refractivity contribution in [3.8, 4) is 0 Å². The van der Waals surface area contributed by atoms with E-state index in [1.807, 2.05) is 0 Å². The molecule has 0 radical (unpaired) electrons. The lowest BCUT2D eigenvalue weighted by molar-refractivity contribution is 0.0850. The third-order valence-corrected chi connectivity index (χ3v) is 2.90. The summed E-state index contributed by atoms with van der Waals surface area (Å²) in [6.45, 7) is 0. The van der Waals surface area contributed by atoms with Gasteiger partial charge in [0.05, 0.1) is 0 Å². The third kappa shape index (κ3) is 2.31. The monoisotopic (exact) mass is 266 g/mol. The molecule has 1 aliphatic rings. The molecule has 1 fully saturated rings. The fraction of sp³-hybridized carbons (Fsp3) is 0. The van der Waals surface area contributed by atoms with Crippen molar-refractivity contribution in [2.24, 2.45) is 0 Å². The maximum Gasteiger partial charge on any atom is 0.394 e. The summed E-state index contributed by atoms with van der Waals surface area (Å²) in [5.74, 6) is -0.841. The van der Waals surface area contributed by atoms with E-state index in [2.05, 4.69) is 9.78 Å². The van der Waals surface area contributed by atoms with Crippen molar-refractivity contribution in [1.82, 2.24) is 0 Å². The highest BCUT2D eigenvalue weighted by Crippen LogP contribution is 2.27. The molecule has 0 bridgehead atoms. The van der Waals surface area contributed by atoms with Crippen molar-refractivity contribution in [3.05, 3.63) is 83.3 Å². The van der Waals surface area contributed by atoms with Crippen LogP contribution in [0, 0.1) is 0 Å². The molecule has 0 saturated carbocycles. The van der Waals surface area contributed by atoms with Crippen molar-refractivity contribution < 1.29 is 19.4 Å². The van der Waals surface area contributed by atoms with Gasteiger partial charge in [0.25, 0.3) is 0 Å². The van der Waals surface area contributed by atoms with E-state index in [1.54, 1.807) is 60.7 Å². The van der Waals surface area contributed by atoms with Gasteiger partial charge in [0.2, 0.25) is 11.6 Å². The van der Waals surface area contributed by atoms with E-state index in [-0.39, 0.29) is 11.5 Å². The Morgan fingerprint density at radius 1 is 0.650 bits per heavy atom. The van der Waals surface area contributed by atoms with Crippen LogP contribution in [0.15, 0.2) is 72.2 Å². The summed E-state index contributed by atoms with van der Waals surface area (Å²) in [5.41, 5.74) is 0.749. The molecule has 0 spiro atoms. The molecular weight excluding hydrogens is 256 g/mol. The van der Waals surface area contributed by atoms with E-state index in [0.29, 0.717) is 11.1 Å². The van der Waals surface area contributed by atoms with E-state index >= 15 is 0 Å². The number of hydrogen-bond donors (Lipinski definition) is 0. The van der Waals surface area contributed by atoms with Crippen LogP contribution in [0.5, 0.6) is 0 Å². The Morgan fingerprint density at radius 2 is 1.05 bits per heavy atom. The van der Waals surface area contributed by atoms with Gasteiger partial charge in [0.15, 0.2) is 5.57 Å². The summed E-state index contributed by atoms with van der Waals surface area (Å²) < 4.78 is 0. The quantitative estimate of drug-likeness (QED) is 0.213. The predicted molar refractivity (Wildman–Crippen MR) is 70.7 cm³/mol. The number of ketones is 2. The van der Waals surface area contributed by atoms with Crippen LogP contribution in [0.1, 0.15) is 20.7 Å². The summed E-state index contributed by atoms with van der Waals surface area (Å²) in [4.78, 5) is 34.0. The Morgan fingerprint density at radius 3 is 1.40 bits per heavy atom. The summed E-state index contributed by atoms with van der Waals surface area (Å²) in [6.07, 6.45) is 0. The average molecular weight is 266 g/mol. The van der Waals surface area contributed by atoms with Gasteiger partial charge in [-0.05, 0) is 0 Å². The van der Waals surface area contributed by atoms with Gasteiger partial charge in [0, 0.05) is 11.1 Å². The molecule has 1 heterocycles. The molecule has 98 valence electrons. The molecule has 2 aromatic carbocycles. The highest BCUT2D eigenvalue weighted by Gasteiger charge is 2.36. The fourth-order valence-corrected chi connectivity index (χ4v) is 1.86. The average Bonchev–Trinajstić information content (AvgIpc) is 3.34. The van der Waals surface area contributed by atoms with Crippen LogP contribution >= 0.6 is 0 Å². The van der Waals surface area contributed by atoms with E-state index in [9.17, 15) is 9.59 Å². The van der Waals surface area contributed by atoms with Gasteiger partial charge in [-0.2, -0.15) is 0 Å². The fourth-order valence-electron chi connectivity index (χ4n) is 1.86. The number of benzene rings is 2. The Hall–Kier alpha value is -2.88. The summed E-state index contributed by atoms with van der Waals surface area (Å²) in [7, 11) is 0. The molecule has 0 amide bonds. The molecule has 0 N–H and O–H groups in total. The van der Waals surface area contributed by atoms with Crippen LogP contribution in [0.2, 0.25) is 0 Å². The zero-order valence-corrected chi connectivity index (χ0v) is 10.4. The number of carbonyl (C=O) groups excluding carboxylic acids is 2. The molecule has 3 rings (SSSR count). The first kappa shape index (κ1) is 12.2. The Balaban J connectivity index is 1.99. The van der Waals surface area contributed by atoms with Crippen LogP contribution in [0.25, 0.3) is 0 Å². The molecule has 0 aliphatic carbocycles. The Kier molecular flexibility index (Phi) is 3.05. The van der Waals surface area contributed by atoms with Crippen LogP contribution in [-0.2, 0) is 9.78 Å². The predicted octanol–water partition coefficient (Wildman–Crippen LogP) is 2.93. The minimum absolute atomic E-state index is 0.0206. The normalized spacial score (nSPS) is 12.1. The summed E-state index contributed by atoms with van der Waals surface area (Å²) in [5, 5.41) is 0. The second-order valence-corrected chi connectivity index (χ2v) is 4.22. The minimum atomic E-state index is -0.410. The van der Waals surface area contributed by atoms with E-state index in [4.69, 9.17) is 0 Å². The number of Topliss-reactive ketones (excluding diaryl/α,β-unsaturated/α-hetero) is 2. The molecule has 1 aliphatic heterocycles. The number of rotatable bonds is 4. The van der Waals surface area contributed by atoms with E-state index in [1.165, 1.54) is 0 Å². The van der Waals surface area contributed by atoms with Crippen molar-refractivity contribution in [1.29, 1.82) is 0 Å². The number of allylic oxidation sites excluding steroid dienone is 1.